The van der Waals surface area contributed by atoms with Gasteiger partial charge in [-0.25, -0.2) is 10.4 Å². The van der Waals surface area contributed by atoms with E-state index in [1.165, 1.54) is 5.56 Å². The Bertz CT molecular complexity index is 259. The van der Waals surface area contributed by atoms with Crippen LogP contribution in [-0.2, 0) is 6.42 Å². The van der Waals surface area contributed by atoms with Crippen molar-refractivity contribution < 1.29 is 0 Å². The molecule has 1 aromatic rings. The Kier molecular flexibility index (Phi) is 1.51. The molecule has 2 heterocycles. The maximum Gasteiger partial charge on any atom is 0.145 e. The van der Waals surface area contributed by atoms with Gasteiger partial charge in [0, 0.05) is 19.8 Å². The van der Waals surface area contributed by atoms with Crippen LogP contribution >= 0.6 is 0 Å². The number of pyridine rings is 1. The molecule has 1 aliphatic rings. The second kappa shape index (κ2) is 2.51. The summed E-state index contributed by atoms with van der Waals surface area (Å²) >= 11 is 0. The van der Waals surface area contributed by atoms with Crippen molar-refractivity contribution in [2.75, 3.05) is 18.6 Å². The lowest BCUT2D eigenvalue weighted by Crippen LogP contribution is -2.33. The predicted molar refractivity (Wildman–Crippen MR) is 44.3 cm³/mol. The zero-order valence-electron chi connectivity index (χ0n) is 6.54. The van der Waals surface area contributed by atoms with Gasteiger partial charge in [0.15, 0.2) is 0 Å². The molecule has 0 aliphatic carbocycles. The number of hydrogen-bond donors (Lipinski definition) is 1. The molecule has 2 rings (SSSR count). The summed E-state index contributed by atoms with van der Waals surface area (Å²) in [4.78, 5) is 4.27. The Hall–Kier alpha value is -1.09. The van der Waals surface area contributed by atoms with Crippen LogP contribution in [-0.4, -0.2) is 18.6 Å². The van der Waals surface area contributed by atoms with Gasteiger partial charge in [-0.15, -0.1) is 0 Å². The maximum atomic E-state index is 4.27. The summed E-state index contributed by atoms with van der Waals surface area (Å²) in [5, 5.41) is 2.06. The van der Waals surface area contributed by atoms with E-state index in [1.54, 1.807) is 0 Å². The van der Waals surface area contributed by atoms with Crippen molar-refractivity contribution >= 4 is 5.82 Å². The highest BCUT2D eigenvalue weighted by atomic mass is 15.5. The third-order valence-electron chi connectivity index (χ3n) is 2.00. The summed E-state index contributed by atoms with van der Waals surface area (Å²) in [6, 6.07) is 4.11. The van der Waals surface area contributed by atoms with Crippen molar-refractivity contribution in [3.63, 3.8) is 0 Å². The number of aromatic nitrogens is 1. The van der Waals surface area contributed by atoms with Crippen LogP contribution in [0.5, 0.6) is 0 Å². The SMILES string of the molecule is CNN1CCc2cccnc21. The van der Waals surface area contributed by atoms with Gasteiger partial charge in [0.2, 0.25) is 0 Å². The monoisotopic (exact) mass is 149 g/mol. The highest BCUT2D eigenvalue weighted by Gasteiger charge is 2.17. The van der Waals surface area contributed by atoms with Crippen molar-refractivity contribution in [3.8, 4) is 0 Å². The minimum absolute atomic E-state index is 1.03. The van der Waals surface area contributed by atoms with Crippen LogP contribution in [0.1, 0.15) is 5.56 Å². The number of nitrogens with one attached hydrogen (secondary N) is 1. The first-order valence-corrected chi connectivity index (χ1v) is 3.80. The molecule has 1 aliphatic heterocycles. The smallest absolute Gasteiger partial charge is 0.145 e. The Morgan fingerprint density at radius 3 is 3.36 bits per heavy atom. The van der Waals surface area contributed by atoms with Crippen LogP contribution in [0.25, 0.3) is 0 Å². The minimum atomic E-state index is 1.03. The number of nitrogens with zero attached hydrogens (tertiary/aromatic N) is 2. The van der Waals surface area contributed by atoms with E-state index in [2.05, 4.69) is 21.5 Å². The van der Waals surface area contributed by atoms with Gasteiger partial charge in [0.1, 0.15) is 5.82 Å². The molecule has 3 nitrogen and oxygen atoms in total. The lowest BCUT2D eigenvalue weighted by atomic mass is 10.2. The van der Waals surface area contributed by atoms with E-state index in [9.17, 15) is 0 Å². The molecule has 11 heavy (non-hydrogen) atoms. The van der Waals surface area contributed by atoms with Gasteiger partial charge >= 0.3 is 0 Å². The lowest BCUT2D eigenvalue weighted by molar-refractivity contribution is 0.725. The van der Waals surface area contributed by atoms with Gasteiger partial charge in [-0.2, -0.15) is 0 Å². The second-order valence-corrected chi connectivity index (χ2v) is 2.61. The molecule has 0 fully saturated rings. The van der Waals surface area contributed by atoms with Crippen molar-refractivity contribution in [2.24, 2.45) is 0 Å². The summed E-state index contributed by atoms with van der Waals surface area (Å²) in [6.45, 7) is 1.03. The van der Waals surface area contributed by atoms with Crippen molar-refractivity contribution in [3.05, 3.63) is 23.9 Å². The Balaban J connectivity index is 2.39. The molecular formula is C8H11N3. The van der Waals surface area contributed by atoms with E-state index in [1.807, 2.05) is 19.3 Å². The molecule has 0 bridgehead atoms. The zero-order valence-corrected chi connectivity index (χ0v) is 6.54. The third kappa shape index (κ3) is 0.973. The van der Waals surface area contributed by atoms with Crippen LogP contribution in [0.4, 0.5) is 5.82 Å². The van der Waals surface area contributed by atoms with E-state index >= 15 is 0 Å². The van der Waals surface area contributed by atoms with E-state index in [0.717, 1.165) is 18.8 Å². The Morgan fingerprint density at radius 2 is 2.55 bits per heavy atom. The first-order chi connectivity index (χ1) is 5.42. The lowest BCUT2D eigenvalue weighted by Gasteiger charge is -2.15. The molecule has 0 saturated carbocycles. The summed E-state index contributed by atoms with van der Waals surface area (Å²) in [5.74, 6) is 1.08. The van der Waals surface area contributed by atoms with Crippen LogP contribution in [0, 0.1) is 0 Å². The third-order valence-corrected chi connectivity index (χ3v) is 2.00. The minimum Gasteiger partial charge on any atom is -0.292 e. The second-order valence-electron chi connectivity index (χ2n) is 2.61. The molecular weight excluding hydrogens is 138 g/mol. The molecule has 0 radical (unpaired) electrons. The molecule has 3 heteroatoms. The van der Waals surface area contributed by atoms with Gasteiger partial charge in [-0.1, -0.05) is 6.07 Å². The number of hydrazine groups is 1. The van der Waals surface area contributed by atoms with Gasteiger partial charge in [0.05, 0.1) is 0 Å². The van der Waals surface area contributed by atoms with Crippen LogP contribution in [0.15, 0.2) is 18.3 Å². The predicted octanol–water partition coefficient (Wildman–Crippen LogP) is 0.578. The van der Waals surface area contributed by atoms with Crippen LogP contribution in [0.3, 0.4) is 0 Å². The Morgan fingerprint density at radius 1 is 1.64 bits per heavy atom. The molecule has 0 aromatic carbocycles. The first kappa shape index (κ1) is 6.61. The average molecular weight is 149 g/mol. The van der Waals surface area contributed by atoms with Crippen molar-refractivity contribution in [1.82, 2.24) is 10.4 Å². The summed E-state index contributed by atoms with van der Waals surface area (Å²) in [7, 11) is 1.92. The largest absolute Gasteiger partial charge is 0.292 e. The summed E-state index contributed by atoms with van der Waals surface area (Å²) < 4.78 is 0. The highest BCUT2D eigenvalue weighted by Crippen LogP contribution is 2.21. The number of hydrogen-bond acceptors (Lipinski definition) is 3. The van der Waals surface area contributed by atoms with Crippen LogP contribution in [0.2, 0.25) is 0 Å². The number of rotatable bonds is 1. The highest BCUT2D eigenvalue weighted by molar-refractivity contribution is 5.50. The van der Waals surface area contributed by atoms with Crippen molar-refractivity contribution in [2.45, 2.75) is 6.42 Å². The molecule has 1 aromatic heterocycles. The van der Waals surface area contributed by atoms with Crippen molar-refractivity contribution in [1.29, 1.82) is 0 Å². The number of anilines is 1. The quantitative estimate of drug-likeness (QED) is 0.633. The van der Waals surface area contributed by atoms with Crippen LogP contribution < -0.4 is 10.4 Å². The van der Waals surface area contributed by atoms with Gasteiger partial charge in [0.25, 0.3) is 0 Å². The van der Waals surface area contributed by atoms with Gasteiger partial charge in [-0.05, 0) is 18.1 Å². The van der Waals surface area contributed by atoms with E-state index in [0.29, 0.717) is 0 Å². The summed E-state index contributed by atoms with van der Waals surface area (Å²) in [6.07, 6.45) is 2.93. The van der Waals surface area contributed by atoms with Gasteiger partial charge < -0.3 is 0 Å². The average Bonchev–Trinajstić information content (AvgIpc) is 2.47. The molecule has 58 valence electrons. The molecule has 0 atom stereocenters. The van der Waals surface area contributed by atoms with E-state index in [4.69, 9.17) is 0 Å². The fourth-order valence-electron chi connectivity index (χ4n) is 1.42. The topological polar surface area (TPSA) is 28.2 Å². The molecule has 0 saturated heterocycles. The Labute approximate surface area is 66.0 Å². The fraction of sp³-hybridized carbons (Fsp3) is 0.375. The summed E-state index contributed by atoms with van der Waals surface area (Å²) in [5.41, 5.74) is 4.43. The molecule has 0 unspecified atom stereocenters. The standard InChI is InChI=1S/C8H11N3/c1-9-11-6-4-7-3-2-5-10-8(7)11/h2-3,5,9H,4,6H2,1H3. The zero-order chi connectivity index (χ0) is 7.68. The number of fused-ring (bicyclic) bond motifs is 1. The maximum absolute atomic E-state index is 4.27. The molecule has 0 spiro atoms. The molecule has 1 N–H and O–H groups in total. The first-order valence-electron chi connectivity index (χ1n) is 3.80. The van der Waals surface area contributed by atoms with Gasteiger partial charge in [-0.3, -0.25) is 5.01 Å². The van der Waals surface area contributed by atoms with E-state index < -0.39 is 0 Å². The normalized spacial score (nSPS) is 15.2. The molecule has 0 amide bonds. The fourth-order valence-corrected chi connectivity index (χ4v) is 1.42. The van der Waals surface area contributed by atoms with E-state index in [-0.39, 0.29) is 0 Å².